The Bertz CT molecular complexity index is 222. The fourth-order valence-corrected chi connectivity index (χ4v) is 1.20. The molecule has 0 radical (unpaired) electrons. The highest BCUT2D eigenvalue weighted by Gasteiger charge is 1.97. The van der Waals surface area contributed by atoms with E-state index in [0.717, 1.165) is 5.01 Å². The highest BCUT2D eigenvalue weighted by molar-refractivity contribution is 7.09. The zero-order chi connectivity index (χ0) is 8.10. The molecule has 1 rings (SSSR count). The zero-order valence-corrected chi connectivity index (χ0v) is 6.60. The van der Waals surface area contributed by atoms with Gasteiger partial charge in [0.15, 0.2) is 0 Å². The maximum Gasteiger partial charge on any atom is 0.317 e. The average molecular weight is 172 g/mol. The summed E-state index contributed by atoms with van der Waals surface area (Å²) in [5.74, 6) is -0.846. The number of thiazole rings is 1. The molecule has 5 heteroatoms. The third-order valence-electron chi connectivity index (χ3n) is 1.04. The Hall–Kier alpha value is -0.940. The summed E-state index contributed by atoms with van der Waals surface area (Å²) in [5, 5.41) is 13.8. The minimum atomic E-state index is -0.846. The van der Waals surface area contributed by atoms with Crippen molar-refractivity contribution in [1.82, 2.24) is 10.3 Å². The Morgan fingerprint density at radius 3 is 3.18 bits per heavy atom. The first-order valence-corrected chi connectivity index (χ1v) is 3.98. The van der Waals surface area contributed by atoms with Gasteiger partial charge in [0.2, 0.25) is 0 Å². The van der Waals surface area contributed by atoms with Crippen molar-refractivity contribution in [2.45, 2.75) is 6.54 Å². The van der Waals surface area contributed by atoms with Crippen LogP contribution in [0.3, 0.4) is 0 Å². The van der Waals surface area contributed by atoms with Crippen LogP contribution in [0.2, 0.25) is 0 Å². The van der Waals surface area contributed by atoms with E-state index in [2.05, 4.69) is 10.3 Å². The van der Waals surface area contributed by atoms with Gasteiger partial charge in [0.1, 0.15) is 5.01 Å². The molecule has 0 fully saturated rings. The summed E-state index contributed by atoms with van der Waals surface area (Å²) in [4.78, 5) is 14.0. The van der Waals surface area contributed by atoms with Crippen molar-refractivity contribution in [3.05, 3.63) is 16.6 Å². The normalized spacial score (nSPS) is 9.82. The number of rotatable bonds is 4. The number of carboxylic acid groups (broad SMARTS) is 1. The van der Waals surface area contributed by atoms with Gasteiger partial charge >= 0.3 is 5.97 Å². The van der Waals surface area contributed by atoms with Crippen LogP contribution in [0.15, 0.2) is 11.6 Å². The molecule has 2 N–H and O–H groups in total. The molecule has 0 spiro atoms. The lowest BCUT2D eigenvalue weighted by atomic mass is 10.6. The predicted octanol–water partition coefficient (Wildman–Crippen LogP) is 0.317. The Kier molecular flexibility index (Phi) is 3.00. The lowest BCUT2D eigenvalue weighted by molar-refractivity contribution is -0.135. The van der Waals surface area contributed by atoms with Crippen LogP contribution >= 0.6 is 11.3 Å². The van der Waals surface area contributed by atoms with E-state index in [0.29, 0.717) is 6.54 Å². The van der Waals surface area contributed by atoms with Crippen LogP contribution in [-0.2, 0) is 11.3 Å². The first-order chi connectivity index (χ1) is 5.29. The van der Waals surface area contributed by atoms with Gasteiger partial charge in [-0.05, 0) is 0 Å². The van der Waals surface area contributed by atoms with Gasteiger partial charge < -0.3 is 10.4 Å². The number of hydrogen-bond donors (Lipinski definition) is 2. The van der Waals surface area contributed by atoms with Gasteiger partial charge in [-0.1, -0.05) is 0 Å². The first kappa shape index (κ1) is 8.16. The molecular weight excluding hydrogens is 164 g/mol. The van der Waals surface area contributed by atoms with Crippen LogP contribution in [0, 0.1) is 0 Å². The minimum absolute atomic E-state index is 0.0143. The average Bonchev–Trinajstić information content (AvgIpc) is 2.39. The summed E-state index contributed by atoms with van der Waals surface area (Å²) in [6.45, 7) is 0.517. The maximum atomic E-state index is 10.0. The summed E-state index contributed by atoms with van der Waals surface area (Å²) >= 11 is 1.51. The van der Waals surface area contributed by atoms with E-state index in [1.807, 2.05) is 5.38 Å². The summed E-state index contributed by atoms with van der Waals surface area (Å²) < 4.78 is 0. The number of aromatic nitrogens is 1. The number of carboxylic acids is 1. The third-order valence-corrected chi connectivity index (χ3v) is 1.82. The molecule has 0 aromatic carbocycles. The molecule has 1 heterocycles. The third kappa shape index (κ3) is 3.10. The first-order valence-electron chi connectivity index (χ1n) is 3.10. The van der Waals surface area contributed by atoms with Crippen LogP contribution in [0.4, 0.5) is 0 Å². The number of carbonyl (C=O) groups is 1. The Morgan fingerprint density at radius 2 is 2.64 bits per heavy atom. The Labute approximate surface area is 67.9 Å². The van der Waals surface area contributed by atoms with Crippen LogP contribution in [0.5, 0.6) is 0 Å². The van der Waals surface area contributed by atoms with E-state index in [1.54, 1.807) is 6.20 Å². The van der Waals surface area contributed by atoms with Crippen LogP contribution < -0.4 is 5.32 Å². The van der Waals surface area contributed by atoms with Crippen molar-refractivity contribution < 1.29 is 9.90 Å². The maximum absolute atomic E-state index is 10.0. The fraction of sp³-hybridized carbons (Fsp3) is 0.333. The quantitative estimate of drug-likeness (QED) is 0.686. The number of nitrogens with zero attached hydrogens (tertiary/aromatic N) is 1. The largest absolute Gasteiger partial charge is 0.480 e. The van der Waals surface area contributed by atoms with E-state index >= 15 is 0 Å². The predicted molar refractivity (Wildman–Crippen MR) is 41.5 cm³/mol. The SMILES string of the molecule is O=C(O)CNCc1nccs1. The molecule has 0 aliphatic carbocycles. The fourth-order valence-electron chi connectivity index (χ4n) is 0.617. The van der Waals surface area contributed by atoms with Crippen molar-refractivity contribution in [2.24, 2.45) is 0 Å². The highest BCUT2D eigenvalue weighted by atomic mass is 32.1. The molecule has 0 saturated heterocycles. The number of hydrogen-bond acceptors (Lipinski definition) is 4. The second-order valence-electron chi connectivity index (χ2n) is 1.92. The summed E-state index contributed by atoms with van der Waals surface area (Å²) in [6.07, 6.45) is 1.70. The summed E-state index contributed by atoms with van der Waals surface area (Å²) in [5.41, 5.74) is 0. The second kappa shape index (κ2) is 4.05. The molecule has 60 valence electrons. The molecule has 0 bridgehead atoms. The van der Waals surface area contributed by atoms with Gasteiger partial charge in [-0.2, -0.15) is 0 Å². The van der Waals surface area contributed by atoms with Crippen molar-refractivity contribution in [3.63, 3.8) is 0 Å². The van der Waals surface area contributed by atoms with E-state index in [4.69, 9.17) is 5.11 Å². The highest BCUT2D eigenvalue weighted by Crippen LogP contribution is 2.01. The molecule has 1 aromatic rings. The summed E-state index contributed by atoms with van der Waals surface area (Å²) in [7, 11) is 0. The smallest absolute Gasteiger partial charge is 0.317 e. The van der Waals surface area contributed by atoms with Crippen LogP contribution in [-0.4, -0.2) is 22.6 Å². The second-order valence-corrected chi connectivity index (χ2v) is 2.90. The molecule has 4 nitrogen and oxygen atoms in total. The lowest BCUT2D eigenvalue weighted by Crippen LogP contribution is -2.21. The van der Waals surface area contributed by atoms with E-state index < -0.39 is 5.97 Å². The van der Waals surface area contributed by atoms with Gasteiger partial charge in [0.25, 0.3) is 0 Å². The van der Waals surface area contributed by atoms with E-state index in [9.17, 15) is 4.79 Å². The standard InChI is InChI=1S/C6H8N2O2S/c9-6(10)4-7-3-5-8-1-2-11-5/h1-2,7H,3-4H2,(H,9,10). The monoisotopic (exact) mass is 172 g/mol. The van der Waals surface area contributed by atoms with E-state index in [1.165, 1.54) is 11.3 Å². The Balaban J connectivity index is 2.19. The van der Waals surface area contributed by atoms with E-state index in [-0.39, 0.29) is 6.54 Å². The number of aliphatic carboxylic acids is 1. The minimum Gasteiger partial charge on any atom is -0.480 e. The lowest BCUT2D eigenvalue weighted by Gasteiger charge is -1.95. The van der Waals surface area contributed by atoms with Crippen molar-refractivity contribution >= 4 is 17.3 Å². The van der Waals surface area contributed by atoms with Gasteiger partial charge in [-0.3, -0.25) is 4.79 Å². The molecule has 0 atom stereocenters. The van der Waals surface area contributed by atoms with Crippen molar-refractivity contribution in [2.75, 3.05) is 6.54 Å². The number of nitrogens with one attached hydrogen (secondary N) is 1. The van der Waals surface area contributed by atoms with Crippen LogP contribution in [0.1, 0.15) is 5.01 Å². The molecule has 11 heavy (non-hydrogen) atoms. The van der Waals surface area contributed by atoms with Gasteiger partial charge in [-0.15, -0.1) is 11.3 Å². The van der Waals surface area contributed by atoms with Crippen molar-refractivity contribution in [3.8, 4) is 0 Å². The molecular formula is C6H8N2O2S. The Morgan fingerprint density at radius 1 is 1.82 bits per heavy atom. The van der Waals surface area contributed by atoms with Gasteiger partial charge in [0.05, 0.1) is 6.54 Å². The topological polar surface area (TPSA) is 62.2 Å². The van der Waals surface area contributed by atoms with Gasteiger partial charge in [0, 0.05) is 18.1 Å². The molecule has 0 saturated carbocycles. The van der Waals surface area contributed by atoms with Crippen molar-refractivity contribution in [1.29, 1.82) is 0 Å². The molecule has 0 aliphatic heterocycles. The van der Waals surface area contributed by atoms with Gasteiger partial charge in [-0.25, -0.2) is 4.98 Å². The molecule has 1 aromatic heterocycles. The summed E-state index contributed by atoms with van der Waals surface area (Å²) in [6, 6.07) is 0. The van der Waals surface area contributed by atoms with Crippen LogP contribution in [0.25, 0.3) is 0 Å². The molecule has 0 aliphatic rings. The zero-order valence-electron chi connectivity index (χ0n) is 5.78. The molecule has 0 unspecified atom stereocenters. The molecule has 0 amide bonds.